The van der Waals surface area contributed by atoms with E-state index in [4.69, 9.17) is 14.2 Å². The molecule has 2 aromatic rings. The Hall–Kier alpha value is -3.39. The molecule has 196 valence electrons. The van der Waals surface area contributed by atoms with Gasteiger partial charge in [-0.1, -0.05) is 26.0 Å². The molecule has 0 spiro atoms. The molecule has 0 radical (unpaired) electrons. The molecule has 0 aliphatic carbocycles. The van der Waals surface area contributed by atoms with Crippen LogP contribution < -0.4 is 0 Å². The summed E-state index contributed by atoms with van der Waals surface area (Å²) in [6, 6.07) is 7.68. The molecular formula is C29H34N2O6. The maximum atomic E-state index is 12.8. The molecule has 4 heterocycles. The number of benzene rings is 2. The van der Waals surface area contributed by atoms with Crippen LogP contribution in [0.3, 0.4) is 0 Å². The van der Waals surface area contributed by atoms with Crippen molar-refractivity contribution in [2.45, 2.75) is 72.4 Å². The highest BCUT2D eigenvalue weighted by Gasteiger charge is 2.45. The van der Waals surface area contributed by atoms with Crippen LogP contribution >= 0.6 is 0 Å². The van der Waals surface area contributed by atoms with Crippen molar-refractivity contribution in [2.24, 2.45) is 0 Å². The summed E-state index contributed by atoms with van der Waals surface area (Å²) in [4.78, 5) is 40.6. The van der Waals surface area contributed by atoms with Gasteiger partial charge in [-0.2, -0.15) is 0 Å². The fourth-order valence-electron chi connectivity index (χ4n) is 5.86. The summed E-state index contributed by atoms with van der Waals surface area (Å²) in [6.07, 6.45) is 1.31. The largest absolute Gasteiger partial charge is 0.457 e. The Morgan fingerprint density at radius 1 is 0.865 bits per heavy atom. The quantitative estimate of drug-likeness (QED) is 0.441. The van der Waals surface area contributed by atoms with E-state index < -0.39 is 0 Å². The molecule has 0 aromatic heterocycles. The van der Waals surface area contributed by atoms with Crippen LogP contribution in [0.4, 0.5) is 4.79 Å². The Balaban J connectivity index is 0.00000137. The van der Waals surface area contributed by atoms with Gasteiger partial charge < -0.3 is 14.2 Å². The van der Waals surface area contributed by atoms with Crippen molar-refractivity contribution in [3.63, 3.8) is 0 Å². The number of carbonyl (C=O) groups excluding carboxylic acids is 3. The zero-order chi connectivity index (χ0) is 26.3. The first-order valence-corrected chi connectivity index (χ1v) is 13.2. The number of hydrogen-bond acceptors (Lipinski definition) is 7. The molecule has 4 aliphatic heterocycles. The molecule has 8 nitrogen and oxygen atoms in total. The Morgan fingerprint density at radius 3 is 2.11 bits per heavy atom. The fraction of sp³-hybridized carbons (Fsp3) is 0.483. The van der Waals surface area contributed by atoms with Crippen LogP contribution in [0.2, 0.25) is 0 Å². The molecular weight excluding hydrogens is 472 g/mol. The lowest BCUT2D eigenvalue weighted by atomic mass is 9.95. The van der Waals surface area contributed by atoms with Gasteiger partial charge in [-0.25, -0.2) is 14.4 Å². The molecule has 1 amide bonds. The molecule has 2 aromatic carbocycles. The zero-order valence-electron chi connectivity index (χ0n) is 22.0. The van der Waals surface area contributed by atoms with Crippen LogP contribution in [0.15, 0.2) is 24.3 Å². The monoisotopic (exact) mass is 506 g/mol. The van der Waals surface area contributed by atoms with E-state index in [0.29, 0.717) is 37.4 Å². The molecule has 2 saturated heterocycles. The molecule has 0 saturated carbocycles. The number of likely N-dealkylation sites (tertiary alicyclic amines) is 1. The first-order valence-electron chi connectivity index (χ1n) is 13.2. The molecule has 2 atom stereocenters. The average molecular weight is 507 g/mol. The summed E-state index contributed by atoms with van der Waals surface area (Å²) in [7, 11) is 0. The summed E-state index contributed by atoms with van der Waals surface area (Å²) in [6.45, 7) is 11.7. The first kappa shape index (κ1) is 25.3. The van der Waals surface area contributed by atoms with E-state index >= 15 is 0 Å². The highest BCUT2D eigenvalue weighted by molar-refractivity contribution is 5.94. The van der Waals surface area contributed by atoms with Crippen LogP contribution in [0.1, 0.15) is 74.4 Å². The van der Waals surface area contributed by atoms with Crippen LogP contribution in [-0.2, 0) is 40.4 Å². The number of cyclic esters (lactones) is 2. The van der Waals surface area contributed by atoms with Gasteiger partial charge in [-0.15, -0.1) is 0 Å². The number of piperidine rings is 1. The van der Waals surface area contributed by atoms with Crippen molar-refractivity contribution in [1.29, 1.82) is 0 Å². The molecule has 6 rings (SSSR count). The maximum absolute atomic E-state index is 12.8. The Kier molecular flexibility index (Phi) is 6.94. The second kappa shape index (κ2) is 10.2. The minimum Gasteiger partial charge on any atom is -0.457 e. The second-order valence-corrected chi connectivity index (χ2v) is 9.86. The predicted molar refractivity (Wildman–Crippen MR) is 136 cm³/mol. The minimum atomic E-state index is -0.278. The van der Waals surface area contributed by atoms with Crippen LogP contribution in [-0.4, -0.2) is 59.6 Å². The van der Waals surface area contributed by atoms with Gasteiger partial charge in [0.15, 0.2) is 0 Å². The molecule has 2 fully saturated rings. The second-order valence-electron chi connectivity index (χ2n) is 9.86. The average Bonchev–Trinajstić information content (AvgIpc) is 3.57. The summed E-state index contributed by atoms with van der Waals surface area (Å²) < 4.78 is 16.1. The third-order valence-electron chi connectivity index (χ3n) is 8.09. The van der Waals surface area contributed by atoms with Crippen LogP contribution in [0, 0.1) is 13.8 Å². The number of esters is 2. The summed E-state index contributed by atoms with van der Waals surface area (Å²) >= 11 is 0. The third-order valence-corrected chi connectivity index (χ3v) is 8.09. The van der Waals surface area contributed by atoms with Gasteiger partial charge >= 0.3 is 18.0 Å². The normalized spacial score (nSPS) is 21.9. The van der Waals surface area contributed by atoms with Crippen molar-refractivity contribution in [1.82, 2.24) is 9.80 Å². The molecule has 0 bridgehead atoms. The number of amides is 1. The Bertz CT molecular complexity index is 1260. The molecule has 0 unspecified atom stereocenters. The van der Waals surface area contributed by atoms with Crippen molar-refractivity contribution in [2.75, 3.05) is 19.6 Å². The lowest BCUT2D eigenvalue weighted by Gasteiger charge is -2.35. The Labute approximate surface area is 217 Å². The fourth-order valence-corrected chi connectivity index (χ4v) is 5.86. The molecule has 8 heteroatoms. The zero-order valence-corrected chi connectivity index (χ0v) is 22.0. The number of nitrogens with zero attached hydrogens (tertiary/aromatic N) is 2. The van der Waals surface area contributed by atoms with Gasteiger partial charge in [0.25, 0.3) is 0 Å². The maximum Gasteiger partial charge on any atom is 0.410 e. The van der Waals surface area contributed by atoms with E-state index in [-0.39, 0.29) is 30.2 Å². The smallest absolute Gasteiger partial charge is 0.410 e. The lowest BCUT2D eigenvalue weighted by Crippen LogP contribution is -2.49. The molecule has 0 N–H and O–H groups in total. The number of rotatable bonds is 5. The Morgan fingerprint density at radius 2 is 1.46 bits per heavy atom. The van der Waals surface area contributed by atoms with Crippen LogP contribution in [0.5, 0.6) is 0 Å². The van der Waals surface area contributed by atoms with Crippen molar-refractivity contribution in [3.05, 3.63) is 68.8 Å². The number of hydrogen-bond donors (Lipinski definition) is 0. The topological polar surface area (TPSA) is 85.4 Å². The first-order chi connectivity index (χ1) is 17.9. The number of carbonyl (C=O) groups is 3. The van der Waals surface area contributed by atoms with E-state index in [1.807, 2.05) is 43.9 Å². The summed E-state index contributed by atoms with van der Waals surface area (Å²) in [5.41, 5.74) is 7.63. The van der Waals surface area contributed by atoms with Crippen molar-refractivity contribution < 1.29 is 28.6 Å². The standard InChI is InChI=1S/C27H28N2O6.C2H6/c1-15-17(3-5-19-21(15)13-33-25(19)30)7-9-28-10-8-23-24(12-28)35-27(32)29(23)11-18-4-6-20-22(16(18)2)14-34-26(20)31;1-2/h3-6,23-24H,7-14H2,1-2H3;1-2H3/t23-,24+;/m0./s1. The van der Waals surface area contributed by atoms with Crippen LogP contribution in [0.25, 0.3) is 0 Å². The van der Waals surface area contributed by atoms with Gasteiger partial charge in [-0.3, -0.25) is 9.80 Å². The van der Waals surface area contributed by atoms with Gasteiger partial charge in [0.1, 0.15) is 19.3 Å². The number of ether oxygens (including phenoxy) is 3. The summed E-state index contributed by atoms with van der Waals surface area (Å²) in [5.74, 6) is -0.513. The van der Waals surface area contributed by atoms with E-state index in [0.717, 1.165) is 53.7 Å². The van der Waals surface area contributed by atoms with Gasteiger partial charge in [0.2, 0.25) is 0 Å². The number of fused-ring (bicyclic) bond motifs is 3. The lowest BCUT2D eigenvalue weighted by molar-refractivity contribution is 0.0526. The van der Waals surface area contributed by atoms with Gasteiger partial charge in [-0.05, 0) is 61.1 Å². The van der Waals surface area contributed by atoms with Gasteiger partial charge in [0.05, 0.1) is 17.2 Å². The molecule has 37 heavy (non-hydrogen) atoms. The van der Waals surface area contributed by atoms with E-state index in [9.17, 15) is 14.4 Å². The highest BCUT2D eigenvalue weighted by Crippen LogP contribution is 2.32. The SMILES string of the molecule is CC.Cc1c(CCN2CC[C@H]3[C@@H](C2)OC(=O)N3Cc2ccc3c(c2C)COC3=O)ccc2c1COC2=O. The minimum absolute atomic E-state index is 0.0502. The highest BCUT2D eigenvalue weighted by atomic mass is 16.6. The van der Waals surface area contributed by atoms with E-state index in [1.54, 1.807) is 6.07 Å². The van der Waals surface area contributed by atoms with Crippen molar-refractivity contribution >= 4 is 18.0 Å². The molecule has 4 aliphatic rings. The third kappa shape index (κ3) is 4.48. The van der Waals surface area contributed by atoms with Gasteiger partial charge in [0, 0.05) is 37.3 Å². The summed E-state index contributed by atoms with van der Waals surface area (Å²) in [5, 5.41) is 0. The van der Waals surface area contributed by atoms with E-state index in [1.165, 1.54) is 5.56 Å². The van der Waals surface area contributed by atoms with Crippen molar-refractivity contribution in [3.8, 4) is 0 Å². The van der Waals surface area contributed by atoms with E-state index in [2.05, 4.69) is 11.8 Å². The predicted octanol–water partition coefficient (Wildman–Crippen LogP) is 4.31.